The number of anilines is 3. The van der Waals surface area contributed by atoms with Crippen LogP contribution in [0.2, 0.25) is 0 Å². The summed E-state index contributed by atoms with van der Waals surface area (Å²) in [5.74, 6) is 0. The summed E-state index contributed by atoms with van der Waals surface area (Å²) in [4.78, 5) is 2.45. The van der Waals surface area contributed by atoms with Gasteiger partial charge in [0, 0.05) is 38.6 Å². The van der Waals surface area contributed by atoms with Gasteiger partial charge >= 0.3 is 0 Å². The third-order valence-corrected chi connectivity index (χ3v) is 19.6. The van der Waals surface area contributed by atoms with Crippen LogP contribution >= 0.6 is 0 Å². The molecular weight excluding hydrogens is 1050 g/mol. The van der Waals surface area contributed by atoms with Crippen molar-refractivity contribution in [2.24, 2.45) is 0 Å². The van der Waals surface area contributed by atoms with Crippen LogP contribution in [0.5, 0.6) is 0 Å². The lowest BCUT2D eigenvalue weighted by atomic mass is 9.65. The minimum absolute atomic E-state index is 0.527. The zero-order chi connectivity index (χ0) is 57.0. The normalized spacial score (nSPS) is 14.8. The van der Waals surface area contributed by atoms with E-state index in [-0.39, 0.29) is 0 Å². The first kappa shape index (κ1) is 48.1. The Balaban J connectivity index is 0.767. The molecule has 16 aromatic rings. The molecule has 0 amide bonds. The second kappa shape index (κ2) is 18.1. The Morgan fingerprint density at radius 3 is 1.57 bits per heavy atom. The predicted octanol–water partition coefficient (Wildman–Crippen LogP) is 21.7. The molecule has 1 aliphatic heterocycles. The highest BCUT2D eigenvalue weighted by Gasteiger charge is 2.51. The van der Waals surface area contributed by atoms with Crippen molar-refractivity contribution in [3.8, 4) is 50.2 Å². The predicted molar refractivity (Wildman–Crippen MR) is 359 cm³/mol. The van der Waals surface area contributed by atoms with Crippen LogP contribution in [0.4, 0.5) is 17.1 Å². The van der Waals surface area contributed by atoms with Crippen LogP contribution in [0.15, 0.2) is 320 Å². The molecule has 404 valence electrons. The zero-order valence-electron chi connectivity index (χ0n) is 47.3. The fraction of sp³-hybridized carbons (Fsp3) is 0.0238. The minimum Gasteiger partial charge on any atom is -0.456 e. The van der Waals surface area contributed by atoms with Crippen LogP contribution in [0.1, 0.15) is 44.5 Å². The van der Waals surface area contributed by atoms with Crippen molar-refractivity contribution >= 4 is 71.6 Å². The summed E-state index contributed by atoms with van der Waals surface area (Å²) in [5, 5.41) is 7.16. The van der Waals surface area contributed by atoms with E-state index in [2.05, 4.69) is 313 Å². The van der Waals surface area contributed by atoms with Gasteiger partial charge in [-0.05, 0) is 179 Å². The van der Waals surface area contributed by atoms with E-state index in [0.717, 1.165) is 50.1 Å². The van der Waals surface area contributed by atoms with E-state index in [0.29, 0.717) is 0 Å². The number of rotatable bonds is 7. The molecule has 14 aromatic carbocycles. The van der Waals surface area contributed by atoms with E-state index in [1.54, 1.807) is 0 Å². The first-order chi connectivity index (χ1) is 43.1. The number of nitrogens with zero attached hydrogens (tertiary/aromatic N) is 2. The standard InChI is InChI=1S/C84H52N2O/c1-3-18-59(19-4-1)83(60-20-5-2-6-21-60)72-27-11-7-22-64(72)67-46-44-63(52-77(67)83)85(61-41-36-53(37-42-61)57-40-47-81-71(50-57)69-25-10-16-33-80(69)87-81)62-43-38-55-48-54(34-35-56(55)49-62)58-39-45-66-65-23-8-12-28-73(65)84(76(66)51-58)74-29-13-15-32-79(74)86-78-31-14-9-24-68(78)70-26-17-30-75(84)82(70)86/h1-52H. The number of hydrogen-bond acceptors (Lipinski definition) is 2. The lowest BCUT2D eigenvalue weighted by molar-refractivity contribution is 0.669. The molecule has 0 radical (unpaired) electrons. The van der Waals surface area contributed by atoms with Crippen LogP contribution in [0, 0.1) is 0 Å². The monoisotopic (exact) mass is 1100 g/mol. The smallest absolute Gasteiger partial charge is 0.135 e. The second-order valence-corrected chi connectivity index (χ2v) is 23.8. The van der Waals surface area contributed by atoms with Crippen LogP contribution in [-0.2, 0) is 10.8 Å². The summed E-state index contributed by atoms with van der Waals surface area (Å²) in [6, 6.07) is 118. The highest BCUT2D eigenvalue weighted by molar-refractivity contribution is 6.13. The summed E-state index contributed by atoms with van der Waals surface area (Å²) < 4.78 is 8.78. The van der Waals surface area contributed by atoms with Gasteiger partial charge < -0.3 is 13.9 Å². The van der Waals surface area contributed by atoms with Gasteiger partial charge in [0.1, 0.15) is 11.2 Å². The number of benzene rings is 14. The molecule has 1 atom stereocenters. The Labute approximate surface area is 503 Å². The molecule has 3 nitrogen and oxygen atoms in total. The molecule has 1 unspecified atom stereocenters. The summed E-state index contributed by atoms with van der Waals surface area (Å²) in [6.07, 6.45) is 0. The summed E-state index contributed by atoms with van der Waals surface area (Å²) in [5.41, 5.74) is 27.8. The summed E-state index contributed by atoms with van der Waals surface area (Å²) in [6.45, 7) is 0. The fourth-order valence-corrected chi connectivity index (χ4v) is 16.0. The van der Waals surface area contributed by atoms with Crippen LogP contribution in [0.25, 0.3) is 105 Å². The molecule has 3 heteroatoms. The van der Waals surface area contributed by atoms with Crippen molar-refractivity contribution in [1.29, 1.82) is 0 Å². The first-order valence-corrected chi connectivity index (χ1v) is 30.2. The molecule has 2 aromatic heterocycles. The number of fused-ring (bicyclic) bond motifs is 19. The molecule has 3 heterocycles. The van der Waals surface area contributed by atoms with Gasteiger partial charge in [-0.25, -0.2) is 0 Å². The molecule has 87 heavy (non-hydrogen) atoms. The van der Waals surface area contributed by atoms with E-state index in [4.69, 9.17) is 4.42 Å². The highest BCUT2D eigenvalue weighted by Crippen LogP contribution is 2.62. The van der Waals surface area contributed by atoms with Gasteiger partial charge in [-0.3, -0.25) is 0 Å². The molecule has 0 saturated carbocycles. The number of hydrogen-bond donors (Lipinski definition) is 0. The lowest BCUT2D eigenvalue weighted by Crippen LogP contribution is -2.33. The van der Waals surface area contributed by atoms with E-state index in [9.17, 15) is 0 Å². The number of para-hydroxylation sites is 4. The number of furan rings is 1. The molecule has 2 aliphatic carbocycles. The van der Waals surface area contributed by atoms with Gasteiger partial charge in [-0.1, -0.05) is 237 Å². The lowest BCUT2D eigenvalue weighted by Gasteiger charge is -2.39. The van der Waals surface area contributed by atoms with Crippen molar-refractivity contribution in [1.82, 2.24) is 4.57 Å². The maximum absolute atomic E-state index is 6.25. The molecule has 0 bridgehead atoms. The van der Waals surface area contributed by atoms with Crippen molar-refractivity contribution < 1.29 is 4.42 Å². The average Bonchev–Trinajstić information content (AvgIpc) is 1.57. The van der Waals surface area contributed by atoms with Crippen LogP contribution in [0.3, 0.4) is 0 Å². The third kappa shape index (κ3) is 6.60. The Bertz CT molecular complexity index is 5500. The quantitative estimate of drug-likeness (QED) is 0.159. The average molecular weight is 1110 g/mol. The van der Waals surface area contributed by atoms with E-state index >= 15 is 0 Å². The van der Waals surface area contributed by atoms with Crippen molar-refractivity contribution in [2.75, 3.05) is 4.90 Å². The van der Waals surface area contributed by atoms with Crippen LogP contribution in [-0.4, -0.2) is 4.57 Å². The maximum atomic E-state index is 6.25. The maximum Gasteiger partial charge on any atom is 0.135 e. The molecule has 3 aliphatic rings. The third-order valence-electron chi connectivity index (χ3n) is 19.6. The molecule has 0 fully saturated rings. The zero-order valence-corrected chi connectivity index (χ0v) is 47.3. The Morgan fingerprint density at radius 1 is 0.276 bits per heavy atom. The van der Waals surface area contributed by atoms with Crippen molar-refractivity contribution in [3.63, 3.8) is 0 Å². The minimum atomic E-state index is -0.552. The van der Waals surface area contributed by atoms with Gasteiger partial charge in [0.25, 0.3) is 0 Å². The molecule has 0 saturated heterocycles. The molecule has 19 rings (SSSR count). The van der Waals surface area contributed by atoms with Crippen LogP contribution < -0.4 is 4.90 Å². The first-order valence-electron chi connectivity index (χ1n) is 30.2. The molecule has 0 N–H and O–H groups in total. The van der Waals surface area contributed by atoms with E-state index < -0.39 is 10.8 Å². The SMILES string of the molecule is c1ccc(C2(c3ccccc3)c3ccccc3-c3ccc(N(c4ccc(-c5ccc6oc7ccccc7c6c5)cc4)c4ccc5cc(-c6ccc7c(c6)C6(c8ccccc8-7)c7ccccc7-n7c8ccccc8c8cccc6c87)ccc5c4)cc32)cc1. The van der Waals surface area contributed by atoms with Gasteiger partial charge in [0.2, 0.25) is 0 Å². The van der Waals surface area contributed by atoms with Crippen molar-refractivity contribution in [2.45, 2.75) is 10.8 Å². The Morgan fingerprint density at radius 2 is 0.782 bits per heavy atom. The topological polar surface area (TPSA) is 21.3 Å². The largest absolute Gasteiger partial charge is 0.456 e. The van der Waals surface area contributed by atoms with Gasteiger partial charge in [0.15, 0.2) is 0 Å². The Hall–Kier alpha value is -11.3. The second-order valence-electron chi connectivity index (χ2n) is 23.8. The van der Waals surface area contributed by atoms with E-state index in [1.165, 1.54) is 116 Å². The number of aromatic nitrogens is 1. The highest BCUT2D eigenvalue weighted by atomic mass is 16.3. The summed E-state index contributed by atoms with van der Waals surface area (Å²) in [7, 11) is 0. The summed E-state index contributed by atoms with van der Waals surface area (Å²) >= 11 is 0. The fourth-order valence-electron chi connectivity index (χ4n) is 16.0. The molecule has 1 spiro atoms. The van der Waals surface area contributed by atoms with Gasteiger partial charge in [0.05, 0.1) is 27.6 Å². The van der Waals surface area contributed by atoms with Gasteiger partial charge in [-0.15, -0.1) is 0 Å². The molecular formula is C84H52N2O. The Kier molecular flexibility index (Phi) is 10.0. The van der Waals surface area contributed by atoms with Crippen molar-refractivity contribution in [3.05, 3.63) is 360 Å². The van der Waals surface area contributed by atoms with Gasteiger partial charge in [-0.2, -0.15) is 0 Å². The van der Waals surface area contributed by atoms with E-state index in [1.807, 2.05) is 12.1 Å².